The molecule has 1 heterocycles. The molecule has 0 saturated heterocycles. The van der Waals surface area contributed by atoms with Gasteiger partial charge in [-0.25, -0.2) is 4.98 Å². The van der Waals surface area contributed by atoms with E-state index in [1.807, 2.05) is 73.7 Å². The minimum atomic E-state index is 0.910. The average Bonchev–Trinajstić information content (AvgIpc) is 2.58. The van der Waals surface area contributed by atoms with Crippen molar-refractivity contribution in [2.24, 2.45) is 0 Å². The highest BCUT2D eigenvalue weighted by molar-refractivity contribution is 5.77. The molecule has 1 rings (SSSR count). The van der Waals surface area contributed by atoms with Crippen molar-refractivity contribution in [3.8, 4) is 0 Å². The van der Waals surface area contributed by atoms with Gasteiger partial charge in [0.15, 0.2) is 0 Å². The summed E-state index contributed by atoms with van der Waals surface area (Å²) < 4.78 is 0. The molecule has 0 unspecified atom stereocenters. The van der Waals surface area contributed by atoms with Crippen LogP contribution in [0.5, 0.6) is 0 Å². The van der Waals surface area contributed by atoms with Crippen molar-refractivity contribution in [3.63, 3.8) is 0 Å². The van der Waals surface area contributed by atoms with Crippen LogP contribution in [0.4, 0.5) is 0 Å². The Morgan fingerprint density at radius 1 is 1.04 bits per heavy atom. The van der Waals surface area contributed by atoms with Crippen LogP contribution in [0.25, 0.3) is 11.1 Å². The van der Waals surface area contributed by atoms with Crippen molar-refractivity contribution in [2.75, 3.05) is 0 Å². The van der Waals surface area contributed by atoms with E-state index in [9.17, 15) is 0 Å². The lowest BCUT2D eigenvalue weighted by Crippen LogP contribution is -1.92. The van der Waals surface area contributed by atoms with Crippen LogP contribution in [-0.2, 0) is 0 Å². The summed E-state index contributed by atoms with van der Waals surface area (Å²) in [6.45, 7) is 11.8. The van der Waals surface area contributed by atoms with E-state index >= 15 is 0 Å². The number of hydrogen-bond donors (Lipinski definition) is 0. The highest BCUT2D eigenvalue weighted by Crippen LogP contribution is 2.19. The predicted molar refractivity (Wildman–Crippen MR) is 104 cm³/mol. The van der Waals surface area contributed by atoms with Crippen molar-refractivity contribution >= 4 is 11.1 Å². The van der Waals surface area contributed by atoms with Crippen molar-refractivity contribution < 1.29 is 0 Å². The van der Waals surface area contributed by atoms with Crippen molar-refractivity contribution in [3.05, 3.63) is 104 Å². The fraction of sp³-hybridized carbons (Fsp3) is 0.136. The third kappa shape index (κ3) is 6.31. The van der Waals surface area contributed by atoms with Gasteiger partial charge in [0.25, 0.3) is 0 Å². The molecule has 0 spiro atoms. The Morgan fingerprint density at radius 3 is 2.39 bits per heavy atom. The molecule has 0 saturated carbocycles. The van der Waals surface area contributed by atoms with Crippen LogP contribution < -0.4 is 0 Å². The summed E-state index contributed by atoms with van der Waals surface area (Å²) in [5.74, 6) is 0. The van der Waals surface area contributed by atoms with Gasteiger partial charge in [-0.2, -0.15) is 0 Å². The lowest BCUT2D eigenvalue weighted by molar-refractivity contribution is 1.22. The Kier molecular flexibility index (Phi) is 8.77. The van der Waals surface area contributed by atoms with E-state index in [0.29, 0.717) is 0 Å². The maximum absolute atomic E-state index is 4.76. The molecule has 0 amide bonds. The highest BCUT2D eigenvalue weighted by atomic mass is 14.7. The first kappa shape index (κ1) is 18.4. The van der Waals surface area contributed by atoms with Gasteiger partial charge in [0.2, 0.25) is 0 Å². The Hall–Kier alpha value is -2.67. The summed E-state index contributed by atoms with van der Waals surface area (Å²) >= 11 is 0. The number of rotatable bonds is 8. The maximum atomic E-state index is 4.76. The van der Waals surface area contributed by atoms with Crippen LogP contribution in [-0.4, -0.2) is 4.98 Å². The van der Waals surface area contributed by atoms with E-state index in [0.717, 1.165) is 29.0 Å². The van der Waals surface area contributed by atoms with Crippen LogP contribution in [0.1, 0.15) is 31.7 Å². The summed E-state index contributed by atoms with van der Waals surface area (Å²) in [6, 6.07) is 6.01. The summed E-state index contributed by atoms with van der Waals surface area (Å²) in [4.78, 5) is 4.76. The van der Waals surface area contributed by atoms with Crippen molar-refractivity contribution in [1.29, 1.82) is 0 Å². The third-order valence-electron chi connectivity index (χ3n) is 3.08. The topological polar surface area (TPSA) is 12.9 Å². The summed E-state index contributed by atoms with van der Waals surface area (Å²) in [5.41, 5.74) is 3.85. The molecule has 0 N–H and O–H groups in total. The monoisotopic (exact) mass is 303 g/mol. The zero-order valence-corrected chi connectivity index (χ0v) is 14.1. The molecule has 0 radical (unpaired) electrons. The van der Waals surface area contributed by atoms with Gasteiger partial charge in [0.05, 0.1) is 11.4 Å². The molecule has 118 valence electrons. The molecule has 0 bridgehead atoms. The largest absolute Gasteiger partial charge is 0.248 e. The van der Waals surface area contributed by atoms with Gasteiger partial charge in [-0.05, 0) is 31.1 Å². The zero-order valence-electron chi connectivity index (χ0n) is 14.1. The van der Waals surface area contributed by atoms with E-state index < -0.39 is 0 Å². The molecule has 0 atom stereocenters. The third-order valence-corrected chi connectivity index (χ3v) is 3.08. The number of aromatic nitrogens is 1. The van der Waals surface area contributed by atoms with Crippen LogP contribution in [0.2, 0.25) is 0 Å². The predicted octanol–water partition coefficient (Wildman–Crippen LogP) is 6.32. The van der Waals surface area contributed by atoms with Gasteiger partial charge < -0.3 is 0 Å². The maximum Gasteiger partial charge on any atom is 0.0709 e. The molecule has 1 heteroatoms. The fourth-order valence-electron chi connectivity index (χ4n) is 1.95. The molecule has 0 fully saturated rings. The second-order valence-electron chi connectivity index (χ2n) is 4.81. The fourth-order valence-corrected chi connectivity index (χ4v) is 1.95. The van der Waals surface area contributed by atoms with Gasteiger partial charge in [-0.15, -0.1) is 0 Å². The zero-order chi connectivity index (χ0) is 16.9. The van der Waals surface area contributed by atoms with Gasteiger partial charge in [-0.3, -0.25) is 0 Å². The van der Waals surface area contributed by atoms with E-state index in [1.165, 1.54) is 0 Å². The quantitative estimate of drug-likeness (QED) is 0.512. The number of pyridine rings is 1. The standard InChI is InChI=1S/C22H25N/c1-5-9-11-15-19(8-4)21-17-13-18-22(23-21)20(14-7-3)16-12-10-6-2/h6-18H,3-5H2,1-2H3/b10-6-,11-9-,16-12-,19-15+,20-14+. The SMILES string of the molecule is C=C\C=C(/C=C\C=C/C)c1cccc(/C(C=C)=C/C=C\CC)n1. The number of hydrogen-bond acceptors (Lipinski definition) is 1. The molecule has 0 aromatic carbocycles. The molecular formula is C22H25N. The molecule has 1 aromatic rings. The molecule has 1 aromatic heterocycles. The van der Waals surface area contributed by atoms with Gasteiger partial charge in [0, 0.05) is 5.57 Å². The van der Waals surface area contributed by atoms with Crippen molar-refractivity contribution in [2.45, 2.75) is 20.3 Å². The lowest BCUT2D eigenvalue weighted by Gasteiger charge is -2.06. The van der Waals surface area contributed by atoms with Gasteiger partial charge in [-0.1, -0.05) is 86.9 Å². The molecular weight excluding hydrogens is 278 g/mol. The number of allylic oxidation sites excluding steroid dienone is 12. The first-order chi connectivity index (χ1) is 11.3. The number of nitrogens with zero attached hydrogens (tertiary/aromatic N) is 1. The van der Waals surface area contributed by atoms with Crippen LogP contribution in [0, 0.1) is 0 Å². The van der Waals surface area contributed by atoms with E-state index in [-0.39, 0.29) is 0 Å². The summed E-state index contributed by atoms with van der Waals surface area (Å²) in [5, 5.41) is 0. The highest BCUT2D eigenvalue weighted by Gasteiger charge is 2.03. The molecule has 1 nitrogen and oxygen atoms in total. The van der Waals surface area contributed by atoms with Crippen LogP contribution in [0.15, 0.2) is 92.1 Å². The molecule has 0 aliphatic heterocycles. The summed E-state index contributed by atoms with van der Waals surface area (Å²) in [6.07, 6.45) is 20.8. The van der Waals surface area contributed by atoms with Crippen LogP contribution >= 0.6 is 0 Å². The normalized spacial score (nSPS) is 13.3. The van der Waals surface area contributed by atoms with E-state index in [2.05, 4.69) is 26.2 Å². The minimum Gasteiger partial charge on any atom is -0.248 e. The first-order valence-corrected chi connectivity index (χ1v) is 7.86. The van der Waals surface area contributed by atoms with Crippen molar-refractivity contribution in [1.82, 2.24) is 4.98 Å². The first-order valence-electron chi connectivity index (χ1n) is 7.86. The Morgan fingerprint density at radius 2 is 1.78 bits per heavy atom. The Labute approximate surface area is 140 Å². The molecule has 0 aliphatic rings. The van der Waals surface area contributed by atoms with Crippen LogP contribution in [0.3, 0.4) is 0 Å². The molecule has 0 aliphatic carbocycles. The Bertz CT molecular complexity index is 667. The van der Waals surface area contributed by atoms with E-state index in [4.69, 9.17) is 4.98 Å². The minimum absolute atomic E-state index is 0.910. The van der Waals surface area contributed by atoms with Gasteiger partial charge >= 0.3 is 0 Å². The van der Waals surface area contributed by atoms with E-state index in [1.54, 1.807) is 6.08 Å². The van der Waals surface area contributed by atoms with Gasteiger partial charge in [0.1, 0.15) is 0 Å². The molecule has 23 heavy (non-hydrogen) atoms. The smallest absolute Gasteiger partial charge is 0.0709 e. The lowest BCUT2D eigenvalue weighted by atomic mass is 10.1. The second-order valence-corrected chi connectivity index (χ2v) is 4.81. The Balaban J connectivity index is 3.22. The summed E-state index contributed by atoms with van der Waals surface area (Å²) in [7, 11) is 0. The average molecular weight is 303 g/mol. The second kappa shape index (κ2) is 11.0.